The van der Waals surface area contributed by atoms with Crippen molar-refractivity contribution in [3.05, 3.63) is 54.1 Å². The molecule has 0 aliphatic rings. The Bertz CT molecular complexity index is 818. The van der Waals surface area contributed by atoms with Crippen LogP contribution >= 0.6 is 11.8 Å². The summed E-state index contributed by atoms with van der Waals surface area (Å²) in [7, 11) is 1.64. The molecule has 3 rings (SSSR count). The Morgan fingerprint density at radius 2 is 2.08 bits per heavy atom. The monoisotopic (exact) mass is 342 g/mol. The minimum absolute atomic E-state index is 0.0283. The van der Waals surface area contributed by atoms with Crippen molar-refractivity contribution >= 4 is 28.7 Å². The highest BCUT2D eigenvalue weighted by Crippen LogP contribution is 2.19. The molecule has 0 aliphatic carbocycles. The number of ether oxygens (including phenoxy) is 1. The minimum atomic E-state index is 0.0283. The van der Waals surface area contributed by atoms with E-state index in [0.29, 0.717) is 12.3 Å². The number of methoxy groups -OCH3 is 1. The summed E-state index contributed by atoms with van der Waals surface area (Å²) in [5.41, 5.74) is 3.17. The molecule has 0 radical (unpaired) electrons. The van der Waals surface area contributed by atoms with E-state index >= 15 is 0 Å². The predicted octanol–water partition coefficient (Wildman–Crippen LogP) is 2.44. The average Bonchev–Trinajstić information content (AvgIpc) is 3.03. The van der Waals surface area contributed by atoms with Crippen LogP contribution in [0.25, 0.3) is 11.0 Å². The van der Waals surface area contributed by atoms with Crippen molar-refractivity contribution in [2.75, 3.05) is 19.4 Å². The van der Waals surface area contributed by atoms with Crippen molar-refractivity contribution in [1.29, 1.82) is 0 Å². The number of aromatic nitrogens is 2. The van der Waals surface area contributed by atoms with Crippen LogP contribution in [0, 0.1) is 0 Å². The van der Waals surface area contributed by atoms with E-state index in [4.69, 9.17) is 4.74 Å². The van der Waals surface area contributed by atoms with Gasteiger partial charge in [0.2, 0.25) is 5.91 Å². The van der Waals surface area contributed by atoms with Gasteiger partial charge in [-0.25, -0.2) is 9.97 Å². The molecule has 6 heteroatoms. The molecular weight excluding hydrogens is 322 g/mol. The third-order valence-electron chi connectivity index (χ3n) is 3.65. The van der Waals surface area contributed by atoms with Crippen LogP contribution in [0.2, 0.25) is 0 Å². The number of nitrogens with one attached hydrogen (secondary N) is 3. The van der Waals surface area contributed by atoms with Crippen LogP contribution in [-0.2, 0) is 11.2 Å². The fourth-order valence-corrected chi connectivity index (χ4v) is 3.13. The maximum atomic E-state index is 11.9. The van der Waals surface area contributed by atoms with Gasteiger partial charge in [0, 0.05) is 12.6 Å². The molecule has 0 unspecified atom stereocenters. The predicted molar refractivity (Wildman–Crippen MR) is 95.3 cm³/mol. The first-order valence-electron chi connectivity index (χ1n) is 7.77. The number of rotatable bonds is 7. The first-order chi connectivity index (χ1) is 11.7. The van der Waals surface area contributed by atoms with Crippen LogP contribution < -0.4 is 15.0 Å². The number of benzene rings is 2. The van der Waals surface area contributed by atoms with E-state index in [2.05, 4.69) is 27.4 Å². The minimum Gasteiger partial charge on any atom is -0.497 e. The van der Waals surface area contributed by atoms with Crippen molar-refractivity contribution in [1.82, 2.24) is 10.3 Å². The van der Waals surface area contributed by atoms with Gasteiger partial charge < -0.3 is 10.1 Å². The number of fused-ring (bicyclic) bond motifs is 1. The second kappa shape index (κ2) is 7.88. The zero-order valence-electron chi connectivity index (χ0n) is 13.5. The van der Waals surface area contributed by atoms with Gasteiger partial charge >= 0.3 is 5.16 Å². The Hall–Kier alpha value is -2.47. The number of amides is 1. The van der Waals surface area contributed by atoms with Crippen molar-refractivity contribution < 1.29 is 14.5 Å². The lowest BCUT2D eigenvalue weighted by Gasteiger charge is -2.03. The van der Waals surface area contributed by atoms with Gasteiger partial charge in [-0.1, -0.05) is 30.3 Å². The van der Waals surface area contributed by atoms with Crippen LogP contribution in [0.5, 0.6) is 5.75 Å². The number of imidazole rings is 1. The third kappa shape index (κ3) is 4.29. The van der Waals surface area contributed by atoms with Crippen molar-refractivity contribution in [2.24, 2.45) is 0 Å². The summed E-state index contributed by atoms with van der Waals surface area (Å²) in [6, 6.07) is 15.9. The summed E-state index contributed by atoms with van der Waals surface area (Å²) < 4.78 is 5.21. The van der Waals surface area contributed by atoms with Gasteiger partial charge in [-0.05, 0) is 35.9 Å². The molecule has 124 valence electrons. The van der Waals surface area contributed by atoms with E-state index in [1.165, 1.54) is 17.3 Å². The van der Waals surface area contributed by atoms with Gasteiger partial charge in [0.25, 0.3) is 0 Å². The number of thioether (sulfide) groups is 1. The van der Waals surface area contributed by atoms with Crippen molar-refractivity contribution in [3.63, 3.8) is 0 Å². The number of aromatic amines is 2. The summed E-state index contributed by atoms with van der Waals surface area (Å²) in [4.78, 5) is 18.5. The Kier molecular flexibility index (Phi) is 5.38. The molecule has 0 spiro atoms. The first-order valence-corrected chi connectivity index (χ1v) is 8.75. The number of carbonyl (C=O) groups is 1. The SMILES string of the molecule is COc1ccc2[nH+]c(SCC(=O)NCCc3ccccc3)[nH]c2c1. The number of hydrogen-bond donors (Lipinski definition) is 2. The highest BCUT2D eigenvalue weighted by Gasteiger charge is 2.13. The van der Waals surface area contributed by atoms with Gasteiger partial charge in [0.1, 0.15) is 5.75 Å². The van der Waals surface area contributed by atoms with E-state index in [0.717, 1.165) is 28.4 Å². The fraction of sp³-hybridized carbons (Fsp3) is 0.222. The number of carbonyl (C=O) groups excluding carboxylic acids is 1. The highest BCUT2D eigenvalue weighted by molar-refractivity contribution is 7.99. The van der Waals surface area contributed by atoms with Gasteiger partial charge in [0.05, 0.1) is 12.9 Å². The highest BCUT2D eigenvalue weighted by atomic mass is 32.2. The Labute approximate surface area is 144 Å². The standard InChI is InChI=1S/C18H19N3O2S/c1-23-14-7-8-15-16(11-14)21-18(20-15)24-12-17(22)19-10-9-13-5-3-2-4-6-13/h2-8,11H,9-10,12H2,1H3,(H,19,22)(H,20,21)/p+1. The topological polar surface area (TPSA) is 68.3 Å². The molecule has 1 aromatic heterocycles. The van der Waals surface area contributed by atoms with Gasteiger partial charge in [-0.15, -0.1) is 0 Å². The summed E-state index contributed by atoms with van der Waals surface area (Å²) in [5, 5.41) is 3.80. The van der Waals surface area contributed by atoms with Crippen LogP contribution in [0.15, 0.2) is 53.7 Å². The van der Waals surface area contributed by atoms with Gasteiger partial charge in [-0.3, -0.25) is 4.79 Å². The Balaban J connectivity index is 1.47. The summed E-state index contributed by atoms with van der Waals surface area (Å²) in [6.45, 7) is 0.650. The molecule has 1 amide bonds. The Morgan fingerprint density at radius 1 is 1.25 bits per heavy atom. The second-order valence-corrected chi connectivity index (χ2v) is 6.35. The summed E-state index contributed by atoms with van der Waals surface area (Å²) in [6.07, 6.45) is 0.843. The first kappa shape index (κ1) is 16.4. The third-order valence-corrected chi connectivity index (χ3v) is 4.55. The molecule has 2 aromatic carbocycles. The zero-order valence-corrected chi connectivity index (χ0v) is 14.3. The lowest BCUT2D eigenvalue weighted by atomic mass is 10.1. The normalized spacial score (nSPS) is 10.7. The van der Waals surface area contributed by atoms with Crippen molar-refractivity contribution in [3.8, 4) is 5.75 Å². The molecule has 0 atom stereocenters. The summed E-state index contributed by atoms with van der Waals surface area (Å²) in [5.74, 6) is 1.20. The molecular formula is C18H20N3O2S+. The van der Waals surface area contributed by atoms with Crippen LogP contribution in [0.1, 0.15) is 5.56 Å². The van der Waals surface area contributed by atoms with E-state index in [9.17, 15) is 4.79 Å². The lowest BCUT2D eigenvalue weighted by molar-refractivity contribution is -0.396. The van der Waals surface area contributed by atoms with Crippen LogP contribution in [0.3, 0.4) is 0 Å². The molecule has 24 heavy (non-hydrogen) atoms. The smallest absolute Gasteiger partial charge is 0.315 e. The maximum absolute atomic E-state index is 11.9. The quantitative estimate of drug-likeness (QED) is 0.648. The number of hydrogen-bond acceptors (Lipinski definition) is 3. The van der Waals surface area contributed by atoms with Crippen molar-refractivity contribution in [2.45, 2.75) is 11.6 Å². The van der Waals surface area contributed by atoms with Gasteiger partial charge in [-0.2, -0.15) is 0 Å². The molecule has 0 saturated carbocycles. The van der Waals surface area contributed by atoms with E-state index in [1.54, 1.807) is 7.11 Å². The molecule has 0 bridgehead atoms. The molecule has 0 fully saturated rings. The molecule has 1 heterocycles. The largest absolute Gasteiger partial charge is 0.497 e. The molecule has 3 N–H and O–H groups in total. The van der Waals surface area contributed by atoms with Gasteiger partial charge in [0.15, 0.2) is 11.0 Å². The fourth-order valence-electron chi connectivity index (χ4n) is 2.39. The molecule has 5 nitrogen and oxygen atoms in total. The molecule has 0 aliphatic heterocycles. The summed E-state index contributed by atoms with van der Waals surface area (Å²) >= 11 is 1.45. The molecule has 0 saturated heterocycles. The van der Waals surface area contributed by atoms with Crippen LogP contribution in [0.4, 0.5) is 0 Å². The lowest BCUT2D eigenvalue weighted by Crippen LogP contribution is -2.27. The van der Waals surface area contributed by atoms with E-state index < -0.39 is 0 Å². The van der Waals surface area contributed by atoms with Crippen LogP contribution in [-0.4, -0.2) is 30.3 Å². The number of H-pyrrole nitrogens is 2. The Morgan fingerprint density at radius 3 is 2.88 bits per heavy atom. The molecule has 3 aromatic rings. The second-order valence-electron chi connectivity index (χ2n) is 5.36. The van der Waals surface area contributed by atoms with E-state index in [1.807, 2.05) is 36.4 Å². The average molecular weight is 342 g/mol. The van der Waals surface area contributed by atoms with E-state index in [-0.39, 0.29) is 5.91 Å². The maximum Gasteiger partial charge on any atom is 0.315 e. The zero-order chi connectivity index (χ0) is 16.8.